The van der Waals surface area contributed by atoms with E-state index in [2.05, 4.69) is 42.6 Å². The van der Waals surface area contributed by atoms with Crippen molar-refractivity contribution < 1.29 is 9.47 Å². The molecule has 3 nitrogen and oxygen atoms in total. The minimum Gasteiger partial charge on any atom is -0.486 e. The third kappa shape index (κ3) is 2.89. The molecule has 1 N–H and O–H groups in total. The summed E-state index contributed by atoms with van der Waals surface area (Å²) >= 11 is 0. The number of benzene rings is 2. The van der Waals surface area contributed by atoms with Gasteiger partial charge in [0.05, 0.1) is 0 Å². The Morgan fingerprint density at radius 3 is 2.38 bits per heavy atom. The van der Waals surface area contributed by atoms with Crippen molar-refractivity contribution in [3.05, 3.63) is 60.2 Å². The van der Waals surface area contributed by atoms with E-state index in [0.29, 0.717) is 6.61 Å². The maximum Gasteiger partial charge on any atom is 0.161 e. The summed E-state index contributed by atoms with van der Waals surface area (Å²) < 4.78 is 12.1. The SMILES string of the molecule is C[C@H](NC1(c2ccccc2)CCCC1)[C@@H]1COc2ccccc2O1. The molecule has 1 fully saturated rings. The van der Waals surface area contributed by atoms with Crippen LogP contribution in [0.2, 0.25) is 0 Å². The number of ether oxygens (including phenoxy) is 2. The van der Waals surface area contributed by atoms with Gasteiger partial charge < -0.3 is 14.8 Å². The molecule has 0 radical (unpaired) electrons. The standard InChI is InChI=1S/C21H25NO2/c1-16(20-15-23-18-11-5-6-12-19(18)24-20)22-21(13-7-8-14-21)17-9-3-2-4-10-17/h2-6,9-12,16,20,22H,7-8,13-15H2,1H3/t16-,20-/m0/s1. The number of fused-ring (bicyclic) bond motifs is 1. The zero-order valence-electron chi connectivity index (χ0n) is 14.2. The Hall–Kier alpha value is -2.00. The van der Waals surface area contributed by atoms with Gasteiger partial charge in [-0.25, -0.2) is 0 Å². The van der Waals surface area contributed by atoms with Crippen molar-refractivity contribution in [3.8, 4) is 11.5 Å². The van der Waals surface area contributed by atoms with Gasteiger partial charge in [0.25, 0.3) is 0 Å². The van der Waals surface area contributed by atoms with Crippen molar-refractivity contribution in [2.45, 2.75) is 50.3 Å². The second-order valence-corrected chi connectivity index (χ2v) is 7.00. The highest BCUT2D eigenvalue weighted by Crippen LogP contribution is 2.40. The predicted molar refractivity (Wildman–Crippen MR) is 95.5 cm³/mol. The lowest BCUT2D eigenvalue weighted by molar-refractivity contribution is 0.0553. The molecule has 0 amide bonds. The van der Waals surface area contributed by atoms with Crippen LogP contribution in [0.5, 0.6) is 11.5 Å². The fourth-order valence-electron chi connectivity index (χ4n) is 4.06. The fourth-order valence-corrected chi connectivity index (χ4v) is 4.06. The molecule has 24 heavy (non-hydrogen) atoms. The summed E-state index contributed by atoms with van der Waals surface area (Å²) in [4.78, 5) is 0. The van der Waals surface area contributed by atoms with E-state index in [1.807, 2.05) is 24.3 Å². The summed E-state index contributed by atoms with van der Waals surface area (Å²) in [5.74, 6) is 1.70. The van der Waals surface area contributed by atoms with Gasteiger partial charge in [-0.05, 0) is 37.5 Å². The van der Waals surface area contributed by atoms with Crippen molar-refractivity contribution >= 4 is 0 Å². The molecule has 0 aromatic heterocycles. The fraction of sp³-hybridized carbons (Fsp3) is 0.429. The van der Waals surface area contributed by atoms with Crippen LogP contribution in [-0.4, -0.2) is 18.8 Å². The molecule has 0 bridgehead atoms. The highest BCUT2D eigenvalue weighted by atomic mass is 16.6. The zero-order chi connectivity index (χ0) is 16.4. The van der Waals surface area contributed by atoms with E-state index < -0.39 is 0 Å². The van der Waals surface area contributed by atoms with Crippen LogP contribution in [-0.2, 0) is 5.54 Å². The summed E-state index contributed by atoms with van der Waals surface area (Å²) in [5.41, 5.74) is 1.47. The smallest absolute Gasteiger partial charge is 0.161 e. The summed E-state index contributed by atoms with van der Waals surface area (Å²) in [6.45, 7) is 2.81. The molecule has 1 aliphatic heterocycles. The molecule has 0 unspecified atom stereocenters. The largest absolute Gasteiger partial charge is 0.486 e. The first-order valence-electron chi connectivity index (χ1n) is 8.99. The first-order chi connectivity index (χ1) is 11.8. The van der Waals surface area contributed by atoms with Crippen LogP contribution < -0.4 is 14.8 Å². The second-order valence-electron chi connectivity index (χ2n) is 7.00. The highest BCUT2D eigenvalue weighted by molar-refractivity contribution is 5.40. The first kappa shape index (κ1) is 15.5. The Morgan fingerprint density at radius 1 is 0.958 bits per heavy atom. The van der Waals surface area contributed by atoms with E-state index >= 15 is 0 Å². The third-order valence-electron chi connectivity index (χ3n) is 5.38. The van der Waals surface area contributed by atoms with Gasteiger partial charge in [-0.3, -0.25) is 0 Å². The van der Waals surface area contributed by atoms with Crippen molar-refractivity contribution in [1.29, 1.82) is 0 Å². The minimum atomic E-state index is 0.0288. The number of nitrogens with one attached hydrogen (secondary N) is 1. The monoisotopic (exact) mass is 323 g/mol. The molecule has 0 saturated heterocycles. The van der Waals surface area contributed by atoms with E-state index in [4.69, 9.17) is 9.47 Å². The van der Waals surface area contributed by atoms with Crippen LogP contribution >= 0.6 is 0 Å². The molecule has 3 heteroatoms. The number of hydrogen-bond donors (Lipinski definition) is 1. The predicted octanol–water partition coefficient (Wildman–Crippen LogP) is 4.27. The van der Waals surface area contributed by atoms with Crippen LogP contribution in [0.15, 0.2) is 54.6 Å². The quantitative estimate of drug-likeness (QED) is 0.911. The van der Waals surface area contributed by atoms with Crippen molar-refractivity contribution in [3.63, 3.8) is 0 Å². The Morgan fingerprint density at radius 2 is 1.62 bits per heavy atom. The van der Waals surface area contributed by atoms with Crippen LogP contribution in [0.4, 0.5) is 0 Å². The Labute approximate surface area is 144 Å². The average Bonchev–Trinajstić information content (AvgIpc) is 3.12. The van der Waals surface area contributed by atoms with E-state index in [-0.39, 0.29) is 17.7 Å². The Balaban J connectivity index is 1.51. The van der Waals surface area contributed by atoms with Gasteiger partial charge in [0, 0.05) is 11.6 Å². The molecular weight excluding hydrogens is 298 g/mol. The van der Waals surface area contributed by atoms with Crippen LogP contribution in [0.1, 0.15) is 38.2 Å². The normalized spacial score (nSPS) is 23.0. The van der Waals surface area contributed by atoms with Crippen molar-refractivity contribution in [2.75, 3.05) is 6.61 Å². The number of para-hydroxylation sites is 2. The van der Waals surface area contributed by atoms with Gasteiger partial charge in [0.2, 0.25) is 0 Å². The maximum absolute atomic E-state index is 6.20. The molecule has 0 spiro atoms. The van der Waals surface area contributed by atoms with Crippen molar-refractivity contribution in [2.24, 2.45) is 0 Å². The minimum absolute atomic E-state index is 0.0288. The molecule has 2 aliphatic rings. The molecule has 1 saturated carbocycles. The first-order valence-corrected chi connectivity index (χ1v) is 8.99. The molecule has 2 atom stereocenters. The summed E-state index contributed by atoms with van der Waals surface area (Å²) in [6.07, 6.45) is 4.96. The Kier molecular flexibility index (Phi) is 4.19. The summed E-state index contributed by atoms with van der Waals surface area (Å²) in [7, 11) is 0. The van der Waals surface area contributed by atoms with Gasteiger partial charge in [0.15, 0.2) is 11.5 Å². The topological polar surface area (TPSA) is 30.5 Å². The third-order valence-corrected chi connectivity index (χ3v) is 5.38. The van der Waals surface area contributed by atoms with Gasteiger partial charge in [-0.15, -0.1) is 0 Å². The highest BCUT2D eigenvalue weighted by Gasteiger charge is 2.39. The molecule has 126 valence electrons. The molecule has 2 aromatic carbocycles. The molecular formula is C21H25NO2. The molecule has 1 heterocycles. The van der Waals surface area contributed by atoms with Crippen molar-refractivity contribution in [1.82, 2.24) is 5.32 Å². The van der Waals surface area contributed by atoms with Gasteiger partial charge in [-0.2, -0.15) is 0 Å². The van der Waals surface area contributed by atoms with Crippen LogP contribution in [0, 0.1) is 0 Å². The van der Waals surface area contributed by atoms with E-state index in [9.17, 15) is 0 Å². The van der Waals surface area contributed by atoms with Gasteiger partial charge >= 0.3 is 0 Å². The molecule has 2 aromatic rings. The Bertz CT molecular complexity index is 679. The summed E-state index contributed by atoms with van der Waals surface area (Å²) in [5, 5.41) is 3.90. The molecule has 4 rings (SSSR count). The average molecular weight is 323 g/mol. The number of rotatable bonds is 4. The van der Waals surface area contributed by atoms with Crippen LogP contribution in [0.25, 0.3) is 0 Å². The van der Waals surface area contributed by atoms with Gasteiger partial charge in [0.1, 0.15) is 12.7 Å². The molecule has 1 aliphatic carbocycles. The van der Waals surface area contributed by atoms with E-state index in [1.165, 1.54) is 31.2 Å². The number of hydrogen-bond acceptors (Lipinski definition) is 3. The maximum atomic E-state index is 6.20. The van der Waals surface area contributed by atoms with Crippen LogP contribution in [0.3, 0.4) is 0 Å². The lowest BCUT2D eigenvalue weighted by Gasteiger charge is -2.38. The van der Waals surface area contributed by atoms with E-state index in [1.54, 1.807) is 0 Å². The van der Waals surface area contributed by atoms with Gasteiger partial charge in [-0.1, -0.05) is 55.3 Å². The second kappa shape index (κ2) is 6.48. The summed E-state index contributed by atoms with van der Waals surface area (Å²) in [6, 6.07) is 19.0. The lowest BCUT2D eigenvalue weighted by atomic mass is 9.87. The zero-order valence-corrected chi connectivity index (χ0v) is 14.2. The van der Waals surface area contributed by atoms with E-state index in [0.717, 1.165) is 11.5 Å². The lowest BCUT2D eigenvalue weighted by Crippen LogP contribution is -2.53.